The van der Waals surface area contributed by atoms with Crippen molar-refractivity contribution < 1.29 is 4.42 Å². The Labute approximate surface area is 179 Å². The second-order valence-electron chi connectivity index (χ2n) is 7.92. The van der Waals surface area contributed by atoms with Gasteiger partial charge >= 0.3 is 0 Å². The lowest BCUT2D eigenvalue weighted by Gasteiger charge is -2.12. The molecule has 0 N–H and O–H groups in total. The van der Waals surface area contributed by atoms with Crippen LogP contribution in [0, 0.1) is 20.8 Å². The minimum absolute atomic E-state index is 0.834. The largest absolute Gasteiger partial charge is 0.455 e. The van der Waals surface area contributed by atoms with E-state index in [0.29, 0.717) is 0 Å². The van der Waals surface area contributed by atoms with Crippen molar-refractivity contribution >= 4 is 33.0 Å². The molecule has 6 aromatic rings. The molecule has 0 unspecified atom stereocenters. The van der Waals surface area contributed by atoms with Crippen LogP contribution in [0.5, 0.6) is 0 Å². The van der Waals surface area contributed by atoms with Crippen molar-refractivity contribution in [1.29, 1.82) is 0 Å². The van der Waals surface area contributed by atoms with Crippen LogP contribution in [0.15, 0.2) is 71.3 Å². The minimum Gasteiger partial charge on any atom is -0.455 e. The van der Waals surface area contributed by atoms with Crippen LogP contribution in [0.4, 0.5) is 0 Å². The third-order valence-corrected chi connectivity index (χ3v) is 5.72. The molecule has 4 heterocycles. The molecule has 6 rings (SSSR count). The molecule has 0 radical (unpaired) electrons. The number of aromatic nitrogens is 4. The number of benzene rings is 2. The fourth-order valence-electron chi connectivity index (χ4n) is 4.48. The average Bonchev–Trinajstić information content (AvgIpc) is 3.32. The van der Waals surface area contributed by atoms with Crippen molar-refractivity contribution in [3.8, 4) is 17.1 Å². The Morgan fingerprint density at radius 2 is 1.58 bits per heavy atom. The van der Waals surface area contributed by atoms with Gasteiger partial charge in [0.2, 0.25) is 0 Å². The summed E-state index contributed by atoms with van der Waals surface area (Å²) in [7, 11) is 0. The zero-order valence-electron chi connectivity index (χ0n) is 17.5. The van der Waals surface area contributed by atoms with Crippen LogP contribution in [-0.4, -0.2) is 19.5 Å². The van der Waals surface area contributed by atoms with Crippen LogP contribution in [0.2, 0.25) is 0 Å². The van der Waals surface area contributed by atoms with Crippen LogP contribution >= 0.6 is 0 Å². The van der Waals surface area contributed by atoms with E-state index in [9.17, 15) is 0 Å². The fraction of sp³-hybridized carbons (Fsp3) is 0.115. The van der Waals surface area contributed by atoms with Crippen LogP contribution in [-0.2, 0) is 0 Å². The van der Waals surface area contributed by atoms with Gasteiger partial charge in [0, 0.05) is 28.4 Å². The highest BCUT2D eigenvalue weighted by Crippen LogP contribution is 2.38. The van der Waals surface area contributed by atoms with Gasteiger partial charge in [-0.3, -0.25) is 14.5 Å². The summed E-state index contributed by atoms with van der Waals surface area (Å²) < 4.78 is 8.50. The molecule has 5 nitrogen and oxygen atoms in total. The Morgan fingerprint density at radius 1 is 0.806 bits per heavy atom. The SMILES string of the molecule is Cc1cc(-n2c(-c3cccc4c3oc3ccccc34)nc3ccnc(C)c32)cc(C)n1. The topological polar surface area (TPSA) is 56.7 Å². The van der Waals surface area contributed by atoms with E-state index in [-0.39, 0.29) is 0 Å². The zero-order chi connectivity index (χ0) is 21.1. The second-order valence-corrected chi connectivity index (χ2v) is 7.92. The molecule has 0 aliphatic rings. The molecule has 150 valence electrons. The third kappa shape index (κ3) is 2.66. The van der Waals surface area contributed by atoms with Crippen molar-refractivity contribution in [3.63, 3.8) is 0 Å². The van der Waals surface area contributed by atoms with E-state index in [0.717, 1.165) is 67.1 Å². The van der Waals surface area contributed by atoms with E-state index in [2.05, 4.69) is 50.9 Å². The number of rotatable bonds is 2. The summed E-state index contributed by atoms with van der Waals surface area (Å²) in [5.41, 5.74) is 8.45. The van der Waals surface area contributed by atoms with Gasteiger partial charge in [0.25, 0.3) is 0 Å². The fourth-order valence-corrected chi connectivity index (χ4v) is 4.48. The van der Waals surface area contributed by atoms with E-state index in [1.54, 1.807) is 0 Å². The van der Waals surface area contributed by atoms with Crippen LogP contribution in [0.1, 0.15) is 17.1 Å². The van der Waals surface area contributed by atoms with Gasteiger partial charge < -0.3 is 4.42 Å². The van der Waals surface area contributed by atoms with Gasteiger partial charge in [-0.25, -0.2) is 4.98 Å². The van der Waals surface area contributed by atoms with Gasteiger partial charge in [0.05, 0.1) is 28.0 Å². The molecular formula is C26H20N4O. The number of imidazole rings is 1. The first-order valence-corrected chi connectivity index (χ1v) is 10.3. The maximum absolute atomic E-state index is 6.32. The highest BCUT2D eigenvalue weighted by molar-refractivity contribution is 6.09. The Balaban J connectivity index is 1.76. The lowest BCUT2D eigenvalue weighted by molar-refractivity contribution is 0.669. The van der Waals surface area contributed by atoms with Gasteiger partial charge in [-0.2, -0.15) is 0 Å². The molecule has 0 saturated heterocycles. The molecule has 2 aromatic carbocycles. The standard InChI is InChI=1S/C26H20N4O/c1-15-13-18(14-16(2)28-15)30-24-17(3)27-12-11-22(24)29-26(30)21-9-6-8-20-19-7-4-5-10-23(19)31-25(20)21/h4-14H,1-3H3. The van der Waals surface area contributed by atoms with Crippen molar-refractivity contribution in [1.82, 2.24) is 19.5 Å². The Kier molecular flexibility index (Phi) is 3.74. The number of aryl methyl sites for hydroxylation is 3. The summed E-state index contributed by atoms with van der Waals surface area (Å²) in [5.74, 6) is 0.834. The summed E-state index contributed by atoms with van der Waals surface area (Å²) in [6.45, 7) is 6.05. The zero-order valence-corrected chi connectivity index (χ0v) is 17.5. The Bertz CT molecular complexity index is 1600. The summed E-state index contributed by atoms with van der Waals surface area (Å²) in [5, 5.41) is 2.19. The summed E-state index contributed by atoms with van der Waals surface area (Å²) in [6, 6.07) is 20.5. The van der Waals surface area contributed by atoms with E-state index >= 15 is 0 Å². The molecule has 0 spiro atoms. The number of pyridine rings is 2. The normalized spacial score (nSPS) is 11.7. The summed E-state index contributed by atoms with van der Waals surface area (Å²) in [4.78, 5) is 14.1. The second kappa shape index (κ2) is 6.51. The smallest absolute Gasteiger partial charge is 0.149 e. The maximum Gasteiger partial charge on any atom is 0.149 e. The quantitative estimate of drug-likeness (QED) is 0.339. The molecule has 0 bridgehead atoms. The number of hydrogen-bond acceptors (Lipinski definition) is 4. The highest BCUT2D eigenvalue weighted by atomic mass is 16.3. The highest BCUT2D eigenvalue weighted by Gasteiger charge is 2.21. The van der Waals surface area contributed by atoms with Crippen molar-refractivity contribution in [2.24, 2.45) is 0 Å². The molecule has 0 aliphatic heterocycles. The third-order valence-electron chi connectivity index (χ3n) is 5.72. The number of furan rings is 1. The summed E-state index contributed by atoms with van der Waals surface area (Å²) in [6.07, 6.45) is 1.81. The first-order chi connectivity index (χ1) is 15.1. The van der Waals surface area contributed by atoms with Crippen LogP contribution < -0.4 is 0 Å². The van der Waals surface area contributed by atoms with Gasteiger partial charge in [-0.05, 0) is 51.1 Å². The minimum atomic E-state index is 0.834. The first kappa shape index (κ1) is 17.8. The lowest BCUT2D eigenvalue weighted by Crippen LogP contribution is -2.02. The molecule has 0 atom stereocenters. The van der Waals surface area contributed by atoms with E-state index < -0.39 is 0 Å². The van der Waals surface area contributed by atoms with Crippen molar-refractivity contribution in [2.75, 3.05) is 0 Å². The van der Waals surface area contributed by atoms with Crippen LogP contribution in [0.3, 0.4) is 0 Å². The molecular weight excluding hydrogens is 384 g/mol. The van der Waals surface area contributed by atoms with Crippen molar-refractivity contribution in [3.05, 3.63) is 83.9 Å². The number of para-hydroxylation sites is 2. The van der Waals surface area contributed by atoms with Gasteiger partial charge in [0.1, 0.15) is 17.0 Å². The van der Waals surface area contributed by atoms with E-state index in [1.807, 2.05) is 51.2 Å². The molecule has 0 fully saturated rings. The Morgan fingerprint density at radius 3 is 2.42 bits per heavy atom. The molecule has 5 heteroatoms. The summed E-state index contributed by atoms with van der Waals surface area (Å²) >= 11 is 0. The monoisotopic (exact) mass is 404 g/mol. The molecule has 4 aromatic heterocycles. The maximum atomic E-state index is 6.32. The average molecular weight is 404 g/mol. The number of nitrogens with zero attached hydrogens (tertiary/aromatic N) is 4. The molecule has 0 aliphatic carbocycles. The van der Waals surface area contributed by atoms with Gasteiger partial charge in [-0.15, -0.1) is 0 Å². The van der Waals surface area contributed by atoms with E-state index in [4.69, 9.17) is 9.40 Å². The first-order valence-electron chi connectivity index (χ1n) is 10.3. The lowest BCUT2D eigenvalue weighted by atomic mass is 10.1. The predicted octanol–water partition coefficient (Wildman–Crippen LogP) is 6.31. The van der Waals surface area contributed by atoms with Crippen molar-refractivity contribution in [2.45, 2.75) is 20.8 Å². The van der Waals surface area contributed by atoms with Crippen LogP contribution in [0.25, 0.3) is 50.0 Å². The molecule has 0 amide bonds. The Hall–Kier alpha value is -3.99. The predicted molar refractivity (Wildman–Crippen MR) is 124 cm³/mol. The number of fused-ring (bicyclic) bond motifs is 4. The number of hydrogen-bond donors (Lipinski definition) is 0. The molecule has 31 heavy (non-hydrogen) atoms. The molecule has 0 saturated carbocycles. The van der Waals surface area contributed by atoms with Gasteiger partial charge in [0.15, 0.2) is 0 Å². The van der Waals surface area contributed by atoms with Gasteiger partial charge in [-0.1, -0.05) is 30.3 Å². The van der Waals surface area contributed by atoms with E-state index in [1.165, 1.54) is 0 Å².